The van der Waals surface area contributed by atoms with Gasteiger partial charge in [-0.3, -0.25) is 0 Å². The van der Waals surface area contributed by atoms with Crippen LogP contribution >= 0.6 is 34.5 Å². The van der Waals surface area contributed by atoms with E-state index in [0.717, 1.165) is 0 Å². The number of thiophene rings is 1. The third kappa shape index (κ3) is 5.16. The van der Waals surface area contributed by atoms with E-state index < -0.39 is 6.10 Å². The zero-order chi connectivity index (χ0) is 15.2. The highest BCUT2D eigenvalue weighted by Gasteiger charge is 2.11. The van der Waals surface area contributed by atoms with Gasteiger partial charge in [-0.25, -0.2) is 0 Å². The van der Waals surface area contributed by atoms with Gasteiger partial charge < -0.3 is 15.2 Å². The molecule has 2 unspecified atom stereocenters. The van der Waals surface area contributed by atoms with E-state index in [-0.39, 0.29) is 12.6 Å². The van der Waals surface area contributed by atoms with Crippen LogP contribution in [-0.2, 0) is 0 Å². The molecule has 21 heavy (non-hydrogen) atoms. The highest BCUT2D eigenvalue weighted by Crippen LogP contribution is 2.27. The molecule has 0 saturated heterocycles. The predicted molar refractivity (Wildman–Crippen MR) is 88.7 cm³/mol. The Morgan fingerprint density at radius 2 is 2.14 bits per heavy atom. The number of halogens is 2. The number of ether oxygens (including phenoxy) is 1. The zero-order valence-corrected chi connectivity index (χ0v) is 13.9. The molecule has 0 aliphatic carbocycles. The third-order valence-corrected chi connectivity index (χ3v) is 4.54. The molecular formula is C15H17Cl2NO2S. The Balaban J connectivity index is 1.75. The lowest BCUT2D eigenvalue weighted by molar-refractivity contribution is 0.104. The zero-order valence-electron chi connectivity index (χ0n) is 11.6. The van der Waals surface area contributed by atoms with Crippen molar-refractivity contribution >= 4 is 34.5 Å². The number of aliphatic hydroxyl groups is 1. The minimum Gasteiger partial charge on any atom is -0.489 e. The van der Waals surface area contributed by atoms with Crippen LogP contribution in [0.1, 0.15) is 17.8 Å². The molecule has 0 fully saturated rings. The van der Waals surface area contributed by atoms with Crippen molar-refractivity contribution in [2.45, 2.75) is 19.1 Å². The average Bonchev–Trinajstić information content (AvgIpc) is 2.98. The number of hydrogen-bond donors (Lipinski definition) is 2. The molecule has 3 nitrogen and oxygen atoms in total. The van der Waals surface area contributed by atoms with E-state index in [9.17, 15) is 5.11 Å². The highest BCUT2D eigenvalue weighted by molar-refractivity contribution is 7.10. The number of benzene rings is 1. The lowest BCUT2D eigenvalue weighted by Gasteiger charge is -2.17. The van der Waals surface area contributed by atoms with Crippen molar-refractivity contribution in [3.05, 3.63) is 50.6 Å². The van der Waals surface area contributed by atoms with Crippen LogP contribution in [0.4, 0.5) is 0 Å². The molecule has 1 aromatic carbocycles. The van der Waals surface area contributed by atoms with Gasteiger partial charge in [0, 0.05) is 22.5 Å². The fourth-order valence-electron chi connectivity index (χ4n) is 1.79. The van der Waals surface area contributed by atoms with E-state index in [4.69, 9.17) is 27.9 Å². The van der Waals surface area contributed by atoms with E-state index in [1.807, 2.05) is 11.4 Å². The summed E-state index contributed by atoms with van der Waals surface area (Å²) in [6.45, 7) is 2.69. The molecule has 2 rings (SSSR count). The van der Waals surface area contributed by atoms with Crippen molar-refractivity contribution in [1.29, 1.82) is 0 Å². The minimum atomic E-state index is -0.612. The monoisotopic (exact) mass is 345 g/mol. The van der Waals surface area contributed by atoms with Crippen LogP contribution in [0.5, 0.6) is 5.75 Å². The molecule has 1 aromatic heterocycles. The second-order valence-corrected chi connectivity index (χ2v) is 6.51. The Morgan fingerprint density at radius 3 is 2.81 bits per heavy atom. The Bertz CT molecular complexity index is 563. The summed E-state index contributed by atoms with van der Waals surface area (Å²) < 4.78 is 5.50. The average molecular weight is 346 g/mol. The van der Waals surface area contributed by atoms with Gasteiger partial charge >= 0.3 is 0 Å². The van der Waals surface area contributed by atoms with Gasteiger partial charge in [0.15, 0.2) is 0 Å². The van der Waals surface area contributed by atoms with Crippen molar-refractivity contribution in [1.82, 2.24) is 5.32 Å². The van der Waals surface area contributed by atoms with Gasteiger partial charge in [0.05, 0.1) is 5.02 Å². The van der Waals surface area contributed by atoms with Crippen LogP contribution in [0.15, 0.2) is 35.7 Å². The maximum Gasteiger partial charge on any atom is 0.138 e. The van der Waals surface area contributed by atoms with Gasteiger partial charge in [-0.2, -0.15) is 0 Å². The quantitative estimate of drug-likeness (QED) is 0.792. The SMILES string of the molecule is CC(NCC(O)COc1ccc(Cl)cc1Cl)c1cccs1. The molecule has 0 aliphatic heterocycles. The van der Waals surface area contributed by atoms with Gasteiger partial charge in [0.2, 0.25) is 0 Å². The highest BCUT2D eigenvalue weighted by atomic mass is 35.5. The molecule has 0 saturated carbocycles. The van der Waals surface area contributed by atoms with Gasteiger partial charge in [-0.05, 0) is 36.6 Å². The van der Waals surface area contributed by atoms with E-state index in [2.05, 4.69) is 18.3 Å². The second kappa shape index (κ2) is 8.01. The molecule has 0 radical (unpaired) electrons. The molecule has 6 heteroatoms. The molecular weight excluding hydrogens is 329 g/mol. The molecule has 0 bridgehead atoms. The first-order valence-electron chi connectivity index (χ1n) is 6.59. The van der Waals surface area contributed by atoms with E-state index >= 15 is 0 Å². The lowest BCUT2D eigenvalue weighted by Crippen LogP contribution is -2.32. The van der Waals surface area contributed by atoms with Crippen LogP contribution in [-0.4, -0.2) is 24.4 Å². The number of rotatable bonds is 7. The summed E-state index contributed by atoms with van der Waals surface area (Å²) in [7, 11) is 0. The van der Waals surface area contributed by atoms with E-state index in [1.165, 1.54) is 4.88 Å². The van der Waals surface area contributed by atoms with Crippen LogP contribution in [0.25, 0.3) is 0 Å². The maximum absolute atomic E-state index is 9.95. The van der Waals surface area contributed by atoms with Crippen molar-refractivity contribution < 1.29 is 9.84 Å². The minimum absolute atomic E-state index is 0.172. The number of hydrogen-bond acceptors (Lipinski definition) is 4. The Kier molecular flexibility index (Phi) is 6.33. The first-order valence-corrected chi connectivity index (χ1v) is 8.22. The summed E-state index contributed by atoms with van der Waals surface area (Å²) in [5.41, 5.74) is 0. The second-order valence-electron chi connectivity index (χ2n) is 4.68. The first-order chi connectivity index (χ1) is 10.1. The van der Waals surface area contributed by atoms with Crippen LogP contribution in [0.2, 0.25) is 10.0 Å². The summed E-state index contributed by atoms with van der Waals surface area (Å²) >= 11 is 13.5. The first kappa shape index (κ1) is 16.6. The molecule has 2 aromatic rings. The number of aliphatic hydroxyl groups excluding tert-OH is 1. The summed E-state index contributed by atoms with van der Waals surface area (Å²) in [5, 5.41) is 16.3. The van der Waals surface area contributed by atoms with Crippen molar-refractivity contribution in [2.24, 2.45) is 0 Å². The largest absolute Gasteiger partial charge is 0.489 e. The standard InChI is InChI=1S/C15H17Cl2NO2S/c1-10(15-3-2-6-21-15)18-8-12(19)9-20-14-5-4-11(16)7-13(14)17/h2-7,10,12,18-19H,8-9H2,1H3. The fourth-order valence-corrected chi connectivity index (χ4v) is 3.01. The van der Waals surface area contributed by atoms with Crippen LogP contribution < -0.4 is 10.1 Å². The molecule has 1 heterocycles. The van der Waals surface area contributed by atoms with Gasteiger partial charge in [-0.15, -0.1) is 11.3 Å². The fraction of sp³-hybridized carbons (Fsp3) is 0.333. The molecule has 0 aliphatic rings. The predicted octanol–water partition coefficient (Wildman–Crippen LogP) is 4.15. The van der Waals surface area contributed by atoms with Gasteiger partial charge in [-0.1, -0.05) is 29.3 Å². The van der Waals surface area contributed by atoms with E-state index in [0.29, 0.717) is 22.3 Å². The normalized spacial score (nSPS) is 13.9. The number of nitrogens with one attached hydrogen (secondary N) is 1. The summed E-state index contributed by atoms with van der Waals surface area (Å²) in [6, 6.07) is 9.30. The maximum atomic E-state index is 9.95. The Hall–Kier alpha value is -0.780. The van der Waals surface area contributed by atoms with Crippen molar-refractivity contribution in [3.63, 3.8) is 0 Å². The summed E-state index contributed by atoms with van der Waals surface area (Å²) in [4.78, 5) is 1.24. The van der Waals surface area contributed by atoms with E-state index in [1.54, 1.807) is 29.5 Å². The summed E-state index contributed by atoms with van der Waals surface area (Å²) in [5.74, 6) is 0.520. The summed E-state index contributed by atoms with van der Waals surface area (Å²) in [6.07, 6.45) is -0.612. The topological polar surface area (TPSA) is 41.5 Å². The Labute approximate surface area is 138 Å². The molecule has 0 amide bonds. The van der Waals surface area contributed by atoms with Crippen LogP contribution in [0.3, 0.4) is 0 Å². The molecule has 2 N–H and O–H groups in total. The molecule has 114 valence electrons. The third-order valence-electron chi connectivity index (χ3n) is 2.95. The smallest absolute Gasteiger partial charge is 0.138 e. The lowest BCUT2D eigenvalue weighted by atomic mass is 10.2. The molecule has 0 spiro atoms. The van der Waals surface area contributed by atoms with Crippen molar-refractivity contribution in [2.75, 3.05) is 13.2 Å². The van der Waals surface area contributed by atoms with Gasteiger partial charge in [0.1, 0.15) is 18.5 Å². The van der Waals surface area contributed by atoms with Crippen molar-refractivity contribution in [3.8, 4) is 5.75 Å². The Morgan fingerprint density at radius 1 is 1.33 bits per heavy atom. The van der Waals surface area contributed by atoms with Crippen LogP contribution in [0, 0.1) is 0 Å². The molecule has 2 atom stereocenters. The van der Waals surface area contributed by atoms with Gasteiger partial charge in [0.25, 0.3) is 0 Å².